The number of rotatable bonds is 10. The average Bonchev–Trinajstić information content (AvgIpc) is 3.49. The van der Waals surface area contributed by atoms with Gasteiger partial charge in [-0.3, -0.25) is 9.59 Å². The lowest BCUT2D eigenvalue weighted by molar-refractivity contribution is 0.0567. The lowest BCUT2D eigenvalue weighted by atomic mass is 10.0. The first-order valence-electron chi connectivity index (χ1n) is 14.6. The van der Waals surface area contributed by atoms with Gasteiger partial charge in [0.1, 0.15) is 17.0 Å². The monoisotopic (exact) mass is 560 g/mol. The maximum Gasteiger partial charge on any atom is 0.273 e. The number of para-hydroxylation sites is 1. The molecule has 1 aromatic heterocycles. The Morgan fingerprint density at radius 1 is 1.07 bits per heavy atom. The summed E-state index contributed by atoms with van der Waals surface area (Å²) >= 11 is 1.63. The first kappa shape index (κ1) is 28.4. The summed E-state index contributed by atoms with van der Waals surface area (Å²) in [4.78, 5) is 34.5. The number of thioether (sulfide) groups is 1. The second-order valence-corrected chi connectivity index (χ2v) is 12.1. The highest BCUT2D eigenvalue weighted by molar-refractivity contribution is 7.99. The fraction of sp³-hybridized carbons (Fsp3) is 0.469. The van der Waals surface area contributed by atoms with Gasteiger partial charge in [0.05, 0.1) is 6.10 Å². The quantitative estimate of drug-likeness (QED) is 0.245. The summed E-state index contributed by atoms with van der Waals surface area (Å²) in [5.41, 5.74) is 1.83. The Kier molecular flexibility index (Phi) is 9.60. The summed E-state index contributed by atoms with van der Waals surface area (Å²) in [5.74, 6) is 1.28. The van der Waals surface area contributed by atoms with Crippen molar-refractivity contribution in [2.75, 3.05) is 25.4 Å². The smallest absolute Gasteiger partial charge is 0.273 e. The maximum atomic E-state index is 14.0. The molecule has 2 aromatic carbocycles. The van der Waals surface area contributed by atoms with E-state index in [-0.39, 0.29) is 30.0 Å². The highest BCUT2D eigenvalue weighted by Crippen LogP contribution is 2.35. The highest BCUT2D eigenvalue weighted by atomic mass is 32.2. The Bertz CT molecular complexity index is 1300. The van der Waals surface area contributed by atoms with Gasteiger partial charge in [-0.05, 0) is 83.2 Å². The fourth-order valence-electron chi connectivity index (χ4n) is 5.74. The molecule has 0 unspecified atom stereocenters. The molecular formula is C32H40N4O3S. The van der Waals surface area contributed by atoms with Crippen LogP contribution in [0.4, 0.5) is 0 Å². The number of pyridine rings is 1. The molecule has 0 spiro atoms. The van der Waals surface area contributed by atoms with Crippen molar-refractivity contribution in [3.8, 4) is 5.75 Å². The van der Waals surface area contributed by atoms with Crippen molar-refractivity contribution in [3.05, 3.63) is 65.9 Å². The molecule has 0 radical (unpaired) electrons. The molecule has 1 saturated heterocycles. The van der Waals surface area contributed by atoms with Crippen molar-refractivity contribution in [2.24, 2.45) is 0 Å². The first-order chi connectivity index (χ1) is 19.5. The molecule has 1 saturated carbocycles. The molecular weight excluding hydrogens is 520 g/mol. The van der Waals surface area contributed by atoms with Gasteiger partial charge in [-0.25, -0.2) is 4.98 Å². The number of fused-ring (bicyclic) bond motifs is 1. The Morgan fingerprint density at radius 2 is 1.88 bits per heavy atom. The molecule has 7 nitrogen and oxygen atoms in total. The number of aromatic nitrogens is 1. The normalized spacial score (nSPS) is 17.7. The molecule has 2 heterocycles. The Morgan fingerprint density at radius 3 is 2.60 bits per heavy atom. The van der Waals surface area contributed by atoms with Crippen LogP contribution < -0.4 is 15.4 Å². The number of carbonyl (C=O) groups excluding carboxylic acids is 2. The van der Waals surface area contributed by atoms with E-state index in [1.54, 1.807) is 11.8 Å². The molecule has 1 atom stereocenters. The van der Waals surface area contributed by atoms with E-state index in [4.69, 9.17) is 9.72 Å². The molecule has 212 valence electrons. The number of piperidine rings is 1. The molecule has 2 N–H and O–H groups in total. The molecule has 5 rings (SSSR count). The van der Waals surface area contributed by atoms with Crippen LogP contribution in [0.3, 0.4) is 0 Å². The summed E-state index contributed by atoms with van der Waals surface area (Å²) in [5, 5.41) is 7.43. The predicted molar refractivity (Wildman–Crippen MR) is 161 cm³/mol. The van der Waals surface area contributed by atoms with Crippen molar-refractivity contribution in [2.45, 2.75) is 75.5 Å². The van der Waals surface area contributed by atoms with Crippen LogP contribution in [-0.4, -0.2) is 65.3 Å². The number of hydrogen-bond acceptors (Lipinski definition) is 6. The number of ether oxygens (including phenoxy) is 1. The summed E-state index contributed by atoms with van der Waals surface area (Å²) < 4.78 is 6.45. The van der Waals surface area contributed by atoms with Gasteiger partial charge in [0, 0.05) is 46.8 Å². The number of nitrogens with one attached hydrogen (secondary N) is 2. The molecule has 40 heavy (non-hydrogen) atoms. The van der Waals surface area contributed by atoms with E-state index in [1.807, 2.05) is 59.5 Å². The third-order valence-electron chi connectivity index (χ3n) is 7.72. The van der Waals surface area contributed by atoms with E-state index in [9.17, 15) is 9.59 Å². The SMILES string of the molecule is CC(C)N(C(=O)c1cc(SCCNC(=O)c2ccccc2)c2cccc(OC3CCCC3)c2n1)[C@@H]1CCCNC1. The van der Waals surface area contributed by atoms with Crippen molar-refractivity contribution < 1.29 is 14.3 Å². The number of benzene rings is 2. The van der Waals surface area contributed by atoms with Gasteiger partial charge in [0.15, 0.2) is 0 Å². The molecule has 2 amide bonds. The van der Waals surface area contributed by atoms with E-state index < -0.39 is 0 Å². The molecule has 0 bridgehead atoms. The summed E-state index contributed by atoms with van der Waals surface area (Å²) in [6, 6.07) is 17.4. The standard InChI is InChI=1S/C32H40N4O3S/c1-22(2)36(24-12-9-17-33-21-24)32(38)27-20-29(40-19-18-34-31(37)23-10-4-3-5-11-23)26-15-8-16-28(30(26)35-27)39-25-13-6-7-14-25/h3-5,8,10-11,15-16,20,22,24-25,33H,6-7,9,12-14,17-19,21H2,1-2H3,(H,34,37)/t24-/m1/s1. The maximum absolute atomic E-state index is 14.0. The minimum atomic E-state index is -0.0856. The predicted octanol–water partition coefficient (Wildman–Crippen LogP) is 5.68. The van der Waals surface area contributed by atoms with Crippen molar-refractivity contribution >= 4 is 34.5 Å². The second-order valence-electron chi connectivity index (χ2n) is 11.0. The second kappa shape index (κ2) is 13.5. The highest BCUT2D eigenvalue weighted by Gasteiger charge is 2.30. The zero-order valence-corrected chi connectivity index (χ0v) is 24.3. The van der Waals surface area contributed by atoms with Crippen LogP contribution in [0, 0.1) is 0 Å². The number of amides is 2. The Balaban J connectivity index is 1.42. The van der Waals surface area contributed by atoms with Gasteiger partial charge < -0.3 is 20.3 Å². The largest absolute Gasteiger partial charge is 0.488 e. The van der Waals surface area contributed by atoms with Crippen LogP contribution in [0.2, 0.25) is 0 Å². The van der Waals surface area contributed by atoms with E-state index in [0.29, 0.717) is 23.6 Å². The lowest BCUT2D eigenvalue weighted by Crippen LogP contribution is -2.51. The van der Waals surface area contributed by atoms with Crippen molar-refractivity contribution in [1.82, 2.24) is 20.5 Å². The molecule has 3 aromatic rings. The van der Waals surface area contributed by atoms with Gasteiger partial charge in [0.25, 0.3) is 11.8 Å². The van der Waals surface area contributed by atoms with Gasteiger partial charge in [-0.2, -0.15) is 0 Å². The lowest BCUT2D eigenvalue weighted by Gasteiger charge is -2.37. The van der Waals surface area contributed by atoms with E-state index in [1.165, 1.54) is 12.8 Å². The van der Waals surface area contributed by atoms with Crippen molar-refractivity contribution in [3.63, 3.8) is 0 Å². The van der Waals surface area contributed by atoms with Crippen LogP contribution >= 0.6 is 11.8 Å². The van der Waals surface area contributed by atoms with Gasteiger partial charge in [-0.1, -0.05) is 30.3 Å². The van der Waals surface area contributed by atoms with Crippen molar-refractivity contribution in [1.29, 1.82) is 0 Å². The third-order valence-corrected chi connectivity index (χ3v) is 8.77. The number of hydrogen-bond donors (Lipinski definition) is 2. The summed E-state index contributed by atoms with van der Waals surface area (Å²) in [6.07, 6.45) is 6.70. The van der Waals surface area contributed by atoms with Crippen LogP contribution in [0.15, 0.2) is 59.5 Å². The van der Waals surface area contributed by atoms with Crippen LogP contribution in [-0.2, 0) is 0 Å². The minimum Gasteiger partial charge on any atom is -0.488 e. The van der Waals surface area contributed by atoms with E-state index in [0.717, 1.165) is 60.3 Å². The topological polar surface area (TPSA) is 83.6 Å². The van der Waals surface area contributed by atoms with Gasteiger partial charge in [-0.15, -0.1) is 11.8 Å². The summed E-state index contributed by atoms with van der Waals surface area (Å²) in [7, 11) is 0. The van der Waals surface area contributed by atoms with E-state index in [2.05, 4.69) is 24.5 Å². The summed E-state index contributed by atoms with van der Waals surface area (Å²) in [6.45, 7) is 6.46. The fourth-order valence-corrected chi connectivity index (χ4v) is 6.68. The Labute approximate surface area is 241 Å². The zero-order chi connectivity index (χ0) is 27.9. The number of carbonyl (C=O) groups is 2. The third kappa shape index (κ3) is 6.78. The molecule has 2 fully saturated rings. The van der Waals surface area contributed by atoms with Gasteiger partial charge >= 0.3 is 0 Å². The zero-order valence-electron chi connectivity index (χ0n) is 23.5. The first-order valence-corrected chi connectivity index (χ1v) is 15.6. The average molecular weight is 561 g/mol. The van der Waals surface area contributed by atoms with Gasteiger partial charge in [0.2, 0.25) is 0 Å². The molecule has 8 heteroatoms. The molecule has 1 aliphatic carbocycles. The van der Waals surface area contributed by atoms with E-state index >= 15 is 0 Å². The molecule has 2 aliphatic rings. The Hall–Kier alpha value is -3.10. The van der Waals surface area contributed by atoms with Crippen LogP contribution in [0.1, 0.15) is 73.2 Å². The van der Waals surface area contributed by atoms with Crippen LogP contribution in [0.5, 0.6) is 5.75 Å². The molecule has 1 aliphatic heterocycles. The minimum absolute atomic E-state index is 0.0412. The number of nitrogens with zero attached hydrogens (tertiary/aromatic N) is 2. The van der Waals surface area contributed by atoms with Crippen LogP contribution in [0.25, 0.3) is 10.9 Å².